The molecule has 0 aromatic heterocycles. The van der Waals surface area contributed by atoms with Crippen LogP contribution >= 0.6 is 11.6 Å². The van der Waals surface area contributed by atoms with Crippen LogP contribution in [0.2, 0.25) is 5.02 Å². The standard InChI is InChI=1S/C24H17ClN2O/c25-19-11-9-17(10-12-19)22-14-26-27-23(22)24(28)18-8-7-16-6-5-15-3-1-2-4-20(15)21(16)13-18/h1-13,22,26H,14H2/t22-/m0/s1. The van der Waals surface area contributed by atoms with E-state index in [9.17, 15) is 4.79 Å². The smallest absolute Gasteiger partial charge is 0.209 e. The molecule has 3 nitrogen and oxygen atoms in total. The Morgan fingerprint density at radius 1 is 0.893 bits per heavy atom. The first kappa shape index (κ1) is 17.0. The summed E-state index contributed by atoms with van der Waals surface area (Å²) in [6.45, 7) is 0.610. The van der Waals surface area contributed by atoms with E-state index in [1.165, 1.54) is 5.39 Å². The summed E-state index contributed by atoms with van der Waals surface area (Å²) in [6, 6.07) is 25.9. The predicted molar refractivity (Wildman–Crippen MR) is 115 cm³/mol. The van der Waals surface area contributed by atoms with E-state index >= 15 is 0 Å². The van der Waals surface area contributed by atoms with Gasteiger partial charge < -0.3 is 5.43 Å². The second kappa shape index (κ2) is 6.77. The lowest BCUT2D eigenvalue weighted by Gasteiger charge is -2.12. The van der Waals surface area contributed by atoms with E-state index in [1.54, 1.807) is 0 Å². The van der Waals surface area contributed by atoms with Crippen LogP contribution in [0.3, 0.4) is 0 Å². The van der Waals surface area contributed by atoms with Gasteiger partial charge in [0.1, 0.15) is 5.71 Å². The minimum atomic E-state index is -0.0759. The largest absolute Gasteiger partial charge is 0.309 e. The third-order valence-corrected chi connectivity index (χ3v) is 5.59. The van der Waals surface area contributed by atoms with Crippen LogP contribution < -0.4 is 5.43 Å². The van der Waals surface area contributed by atoms with Gasteiger partial charge in [-0.2, -0.15) is 5.10 Å². The summed E-state index contributed by atoms with van der Waals surface area (Å²) in [5, 5.41) is 9.52. The predicted octanol–water partition coefficient (Wildman–Crippen LogP) is 5.57. The topological polar surface area (TPSA) is 41.5 Å². The molecule has 136 valence electrons. The normalized spacial score (nSPS) is 16.2. The van der Waals surface area contributed by atoms with Gasteiger partial charge in [0.2, 0.25) is 5.78 Å². The van der Waals surface area contributed by atoms with Crippen molar-refractivity contribution < 1.29 is 4.79 Å². The number of hydrogen-bond acceptors (Lipinski definition) is 3. The number of ketones is 1. The van der Waals surface area contributed by atoms with Gasteiger partial charge in [-0.15, -0.1) is 0 Å². The average Bonchev–Trinajstić information content (AvgIpc) is 3.23. The number of carbonyl (C=O) groups is 1. The van der Waals surface area contributed by atoms with E-state index in [1.807, 2.05) is 54.6 Å². The maximum absolute atomic E-state index is 13.3. The Bertz CT molecular complexity index is 1240. The van der Waals surface area contributed by atoms with E-state index in [0.29, 0.717) is 22.8 Å². The maximum atomic E-state index is 13.3. The molecular weight excluding hydrogens is 368 g/mol. The molecule has 0 amide bonds. The number of nitrogens with one attached hydrogen (secondary N) is 1. The van der Waals surface area contributed by atoms with Crippen molar-refractivity contribution in [1.29, 1.82) is 0 Å². The third kappa shape index (κ3) is 2.85. The lowest BCUT2D eigenvalue weighted by molar-refractivity contribution is 0.106. The van der Waals surface area contributed by atoms with Crippen LogP contribution in [0, 0.1) is 0 Å². The molecule has 1 aliphatic rings. The number of hydrogen-bond donors (Lipinski definition) is 1. The molecule has 1 aliphatic heterocycles. The first-order valence-electron chi connectivity index (χ1n) is 9.23. The summed E-state index contributed by atoms with van der Waals surface area (Å²) in [4.78, 5) is 13.3. The third-order valence-electron chi connectivity index (χ3n) is 5.34. The minimum absolute atomic E-state index is 0.0419. The van der Waals surface area contributed by atoms with Gasteiger partial charge in [0.25, 0.3) is 0 Å². The molecule has 0 saturated heterocycles. The first-order chi connectivity index (χ1) is 13.7. The van der Waals surface area contributed by atoms with E-state index in [0.717, 1.165) is 21.7 Å². The van der Waals surface area contributed by atoms with Gasteiger partial charge in [0.15, 0.2) is 0 Å². The number of Topliss-reactive ketones (excluding diaryl/α,β-unsaturated/α-hetero) is 1. The monoisotopic (exact) mass is 384 g/mol. The number of nitrogens with zero attached hydrogens (tertiary/aromatic N) is 1. The van der Waals surface area contributed by atoms with Crippen LogP contribution in [-0.4, -0.2) is 18.0 Å². The van der Waals surface area contributed by atoms with Gasteiger partial charge >= 0.3 is 0 Å². The molecule has 0 fully saturated rings. The molecule has 0 bridgehead atoms. The zero-order valence-electron chi connectivity index (χ0n) is 15.0. The van der Waals surface area contributed by atoms with Crippen LogP contribution in [-0.2, 0) is 0 Å². The number of benzene rings is 4. The average molecular weight is 385 g/mol. The zero-order valence-corrected chi connectivity index (χ0v) is 15.8. The van der Waals surface area contributed by atoms with Gasteiger partial charge in [-0.3, -0.25) is 4.79 Å². The lowest BCUT2D eigenvalue weighted by atomic mass is 9.89. The number of rotatable bonds is 3. The molecule has 0 unspecified atom stereocenters. The molecule has 0 aliphatic carbocycles. The highest BCUT2D eigenvalue weighted by Crippen LogP contribution is 2.28. The molecule has 0 saturated carbocycles. The fourth-order valence-corrected chi connectivity index (χ4v) is 3.99. The Hall–Kier alpha value is -3.17. The number of halogens is 1. The molecule has 0 radical (unpaired) electrons. The number of carbonyl (C=O) groups excluding carboxylic acids is 1. The van der Waals surface area contributed by atoms with Crippen molar-refractivity contribution in [1.82, 2.24) is 5.43 Å². The van der Waals surface area contributed by atoms with Crippen LogP contribution in [0.5, 0.6) is 0 Å². The van der Waals surface area contributed by atoms with Crippen molar-refractivity contribution >= 4 is 44.6 Å². The molecule has 1 N–H and O–H groups in total. The van der Waals surface area contributed by atoms with Crippen LogP contribution in [0.25, 0.3) is 21.5 Å². The number of fused-ring (bicyclic) bond motifs is 3. The summed E-state index contributed by atoms with van der Waals surface area (Å²) >= 11 is 6.00. The van der Waals surface area contributed by atoms with Crippen LogP contribution in [0.1, 0.15) is 21.8 Å². The Labute approximate surface area is 167 Å². The Balaban J connectivity index is 1.56. The number of hydrazone groups is 1. The second-order valence-electron chi connectivity index (χ2n) is 7.02. The maximum Gasteiger partial charge on any atom is 0.209 e. The van der Waals surface area contributed by atoms with E-state index in [-0.39, 0.29) is 11.7 Å². The first-order valence-corrected chi connectivity index (χ1v) is 9.60. The Morgan fingerprint density at radius 2 is 1.61 bits per heavy atom. The van der Waals surface area contributed by atoms with Crippen molar-refractivity contribution in [2.24, 2.45) is 5.10 Å². The lowest BCUT2D eigenvalue weighted by Crippen LogP contribution is -2.21. The van der Waals surface area contributed by atoms with Gasteiger partial charge in [-0.05, 0) is 45.3 Å². The van der Waals surface area contributed by atoms with Gasteiger partial charge in [0, 0.05) is 17.1 Å². The second-order valence-corrected chi connectivity index (χ2v) is 7.45. The summed E-state index contributed by atoms with van der Waals surface area (Å²) < 4.78 is 0. The zero-order chi connectivity index (χ0) is 19.1. The van der Waals surface area contributed by atoms with Crippen molar-refractivity contribution in [3.63, 3.8) is 0 Å². The molecule has 28 heavy (non-hydrogen) atoms. The van der Waals surface area contributed by atoms with Crippen molar-refractivity contribution in [3.8, 4) is 0 Å². The summed E-state index contributed by atoms with van der Waals surface area (Å²) in [5.41, 5.74) is 5.22. The molecule has 5 rings (SSSR count). The molecule has 4 aromatic rings. The summed E-state index contributed by atoms with van der Waals surface area (Å²) in [5.74, 6) is -0.118. The summed E-state index contributed by atoms with van der Waals surface area (Å²) in [7, 11) is 0. The molecule has 4 aromatic carbocycles. The highest BCUT2D eigenvalue weighted by Gasteiger charge is 2.29. The Morgan fingerprint density at radius 3 is 2.43 bits per heavy atom. The quantitative estimate of drug-likeness (QED) is 0.370. The van der Waals surface area contributed by atoms with Gasteiger partial charge in [-0.25, -0.2) is 0 Å². The van der Waals surface area contributed by atoms with Crippen LogP contribution in [0.4, 0.5) is 0 Å². The van der Waals surface area contributed by atoms with Crippen molar-refractivity contribution in [3.05, 3.63) is 95.0 Å². The SMILES string of the molecule is O=C(C1=NNC[C@H]1c1ccc(Cl)cc1)c1ccc2ccc3ccccc3c2c1. The molecule has 1 atom stereocenters. The molecular formula is C24H17ClN2O. The highest BCUT2D eigenvalue weighted by atomic mass is 35.5. The molecule has 0 spiro atoms. The van der Waals surface area contributed by atoms with Gasteiger partial charge in [0.05, 0.1) is 5.92 Å². The van der Waals surface area contributed by atoms with Crippen LogP contribution in [0.15, 0.2) is 84.0 Å². The minimum Gasteiger partial charge on any atom is -0.309 e. The fraction of sp³-hybridized carbons (Fsp3) is 0.0833. The summed E-state index contributed by atoms with van der Waals surface area (Å²) in [6.07, 6.45) is 0. The van der Waals surface area contributed by atoms with Gasteiger partial charge in [-0.1, -0.05) is 72.3 Å². The van der Waals surface area contributed by atoms with E-state index in [2.05, 4.69) is 34.8 Å². The highest BCUT2D eigenvalue weighted by molar-refractivity contribution is 6.48. The van der Waals surface area contributed by atoms with Crippen molar-refractivity contribution in [2.45, 2.75) is 5.92 Å². The van der Waals surface area contributed by atoms with E-state index in [4.69, 9.17) is 11.6 Å². The molecule has 1 heterocycles. The fourth-order valence-electron chi connectivity index (χ4n) is 3.87. The Kier molecular flexibility index (Phi) is 4.10. The molecule has 4 heteroatoms. The van der Waals surface area contributed by atoms with Crippen molar-refractivity contribution in [2.75, 3.05) is 6.54 Å². The van der Waals surface area contributed by atoms with E-state index < -0.39 is 0 Å².